The van der Waals surface area contributed by atoms with Crippen molar-refractivity contribution in [2.75, 3.05) is 13.2 Å². The van der Waals surface area contributed by atoms with Crippen LogP contribution in [-0.2, 0) is 0 Å². The Hall–Kier alpha value is -1.32. The molecule has 3 heteroatoms. The average molecular weight is 261 g/mol. The van der Waals surface area contributed by atoms with Crippen LogP contribution in [0.1, 0.15) is 30.3 Å². The van der Waals surface area contributed by atoms with Crippen LogP contribution in [0.15, 0.2) is 41.8 Å². The molecule has 2 nitrogen and oxygen atoms in total. The van der Waals surface area contributed by atoms with Gasteiger partial charge in [-0.05, 0) is 42.6 Å². The molecule has 2 aromatic rings. The molecule has 0 aliphatic carbocycles. The van der Waals surface area contributed by atoms with Crippen LogP contribution in [0.5, 0.6) is 5.75 Å². The lowest BCUT2D eigenvalue weighted by atomic mass is 10.1. The summed E-state index contributed by atoms with van der Waals surface area (Å²) in [7, 11) is 0. The molecule has 0 spiro atoms. The molecule has 1 atom stereocenters. The van der Waals surface area contributed by atoms with Crippen molar-refractivity contribution in [1.29, 1.82) is 0 Å². The summed E-state index contributed by atoms with van der Waals surface area (Å²) in [4.78, 5) is 1.35. The van der Waals surface area contributed by atoms with Crippen molar-refractivity contribution in [1.82, 2.24) is 5.32 Å². The Labute approximate surface area is 113 Å². The largest absolute Gasteiger partial charge is 0.494 e. The van der Waals surface area contributed by atoms with E-state index < -0.39 is 0 Å². The zero-order chi connectivity index (χ0) is 12.8. The van der Waals surface area contributed by atoms with Gasteiger partial charge in [-0.25, -0.2) is 0 Å². The molecule has 1 heterocycles. The molecule has 1 unspecified atom stereocenters. The maximum atomic E-state index is 5.47. The van der Waals surface area contributed by atoms with Gasteiger partial charge in [0.25, 0.3) is 0 Å². The number of benzene rings is 1. The molecule has 0 amide bonds. The van der Waals surface area contributed by atoms with Gasteiger partial charge >= 0.3 is 0 Å². The minimum atomic E-state index is 0.283. The third kappa shape index (κ3) is 3.12. The molecule has 2 rings (SSSR count). The summed E-state index contributed by atoms with van der Waals surface area (Å²) in [5, 5.41) is 5.64. The SMILES string of the molecule is CCNC(c1ccc(OCC)cc1)c1cccs1. The molecule has 1 N–H and O–H groups in total. The first-order valence-electron chi connectivity index (χ1n) is 6.34. The lowest BCUT2D eigenvalue weighted by Crippen LogP contribution is -2.20. The van der Waals surface area contributed by atoms with Crippen LogP contribution in [-0.4, -0.2) is 13.2 Å². The second-order valence-electron chi connectivity index (χ2n) is 4.01. The van der Waals surface area contributed by atoms with Crippen LogP contribution in [0.3, 0.4) is 0 Å². The fraction of sp³-hybridized carbons (Fsp3) is 0.333. The molecule has 1 aromatic carbocycles. The standard InChI is InChI=1S/C15H19NOS/c1-3-16-15(14-6-5-11-18-14)12-7-9-13(10-8-12)17-4-2/h5-11,15-16H,3-4H2,1-2H3. The number of thiophene rings is 1. The van der Waals surface area contributed by atoms with Crippen LogP contribution in [0, 0.1) is 0 Å². The van der Waals surface area contributed by atoms with Gasteiger partial charge in [0, 0.05) is 4.88 Å². The smallest absolute Gasteiger partial charge is 0.119 e. The summed E-state index contributed by atoms with van der Waals surface area (Å²) >= 11 is 1.79. The van der Waals surface area contributed by atoms with E-state index in [4.69, 9.17) is 4.74 Å². The highest BCUT2D eigenvalue weighted by Crippen LogP contribution is 2.27. The normalized spacial score (nSPS) is 12.3. The van der Waals surface area contributed by atoms with Crippen molar-refractivity contribution in [3.63, 3.8) is 0 Å². The van der Waals surface area contributed by atoms with E-state index in [0.717, 1.165) is 12.3 Å². The number of hydrogen-bond donors (Lipinski definition) is 1. The molecule has 96 valence electrons. The summed E-state index contributed by atoms with van der Waals surface area (Å²) in [6.07, 6.45) is 0. The minimum Gasteiger partial charge on any atom is -0.494 e. The average Bonchev–Trinajstić information content (AvgIpc) is 2.91. The fourth-order valence-electron chi connectivity index (χ4n) is 1.97. The zero-order valence-electron chi connectivity index (χ0n) is 10.8. The summed E-state index contributed by atoms with van der Waals surface area (Å²) in [5.74, 6) is 0.933. The van der Waals surface area contributed by atoms with E-state index in [0.29, 0.717) is 6.61 Å². The van der Waals surface area contributed by atoms with Crippen molar-refractivity contribution in [2.24, 2.45) is 0 Å². The Morgan fingerprint density at radius 3 is 2.50 bits per heavy atom. The predicted octanol–water partition coefficient (Wildman–Crippen LogP) is 3.85. The van der Waals surface area contributed by atoms with Crippen LogP contribution in [0.4, 0.5) is 0 Å². The molecule has 0 saturated heterocycles. The molecule has 0 fully saturated rings. The van der Waals surface area contributed by atoms with Crippen LogP contribution in [0.2, 0.25) is 0 Å². The molecule has 0 aliphatic heterocycles. The Morgan fingerprint density at radius 1 is 1.17 bits per heavy atom. The van der Waals surface area contributed by atoms with Crippen molar-refractivity contribution in [2.45, 2.75) is 19.9 Å². The summed E-state index contributed by atoms with van der Waals surface area (Å²) in [6, 6.07) is 12.9. The number of rotatable bonds is 6. The maximum absolute atomic E-state index is 5.47. The minimum absolute atomic E-state index is 0.283. The van der Waals surface area contributed by atoms with E-state index in [1.54, 1.807) is 11.3 Å². The first-order chi connectivity index (χ1) is 8.85. The highest BCUT2D eigenvalue weighted by atomic mass is 32.1. The summed E-state index contributed by atoms with van der Waals surface area (Å²) in [6.45, 7) is 5.80. The molecule has 1 aromatic heterocycles. The third-order valence-corrected chi connectivity index (χ3v) is 3.70. The van der Waals surface area contributed by atoms with Crippen molar-refractivity contribution >= 4 is 11.3 Å². The van der Waals surface area contributed by atoms with E-state index in [1.807, 2.05) is 19.1 Å². The highest BCUT2D eigenvalue weighted by molar-refractivity contribution is 7.10. The van der Waals surface area contributed by atoms with Crippen molar-refractivity contribution in [3.05, 3.63) is 52.2 Å². The monoisotopic (exact) mass is 261 g/mol. The van der Waals surface area contributed by atoms with Gasteiger partial charge in [-0.3, -0.25) is 0 Å². The van der Waals surface area contributed by atoms with E-state index in [2.05, 4.69) is 41.9 Å². The Kier molecular flexibility index (Phi) is 4.79. The van der Waals surface area contributed by atoms with Gasteiger partial charge in [-0.1, -0.05) is 25.1 Å². The first kappa shape index (κ1) is 13.1. The lowest BCUT2D eigenvalue weighted by Gasteiger charge is -2.17. The summed E-state index contributed by atoms with van der Waals surface area (Å²) in [5.41, 5.74) is 1.28. The Balaban J connectivity index is 2.20. The quantitative estimate of drug-likeness (QED) is 0.853. The van der Waals surface area contributed by atoms with Crippen LogP contribution in [0.25, 0.3) is 0 Å². The molecule has 18 heavy (non-hydrogen) atoms. The molecular weight excluding hydrogens is 242 g/mol. The predicted molar refractivity (Wildman–Crippen MR) is 77.4 cm³/mol. The van der Waals surface area contributed by atoms with E-state index in [1.165, 1.54) is 10.4 Å². The second-order valence-corrected chi connectivity index (χ2v) is 4.99. The third-order valence-electron chi connectivity index (χ3n) is 2.76. The molecule has 0 aliphatic rings. The molecule has 0 bridgehead atoms. The molecular formula is C15H19NOS. The number of nitrogens with one attached hydrogen (secondary N) is 1. The van der Waals surface area contributed by atoms with Gasteiger partial charge in [0.05, 0.1) is 12.6 Å². The van der Waals surface area contributed by atoms with E-state index >= 15 is 0 Å². The first-order valence-corrected chi connectivity index (χ1v) is 7.22. The molecule has 0 saturated carbocycles. The van der Waals surface area contributed by atoms with Crippen LogP contribution >= 0.6 is 11.3 Å². The van der Waals surface area contributed by atoms with Gasteiger partial charge < -0.3 is 10.1 Å². The maximum Gasteiger partial charge on any atom is 0.119 e. The highest BCUT2D eigenvalue weighted by Gasteiger charge is 2.13. The zero-order valence-corrected chi connectivity index (χ0v) is 11.7. The lowest BCUT2D eigenvalue weighted by molar-refractivity contribution is 0.340. The van der Waals surface area contributed by atoms with Crippen molar-refractivity contribution in [3.8, 4) is 5.75 Å². The van der Waals surface area contributed by atoms with Gasteiger partial charge in [-0.15, -0.1) is 11.3 Å². The van der Waals surface area contributed by atoms with E-state index in [-0.39, 0.29) is 6.04 Å². The van der Waals surface area contributed by atoms with Crippen LogP contribution < -0.4 is 10.1 Å². The van der Waals surface area contributed by atoms with Crippen molar-refractivity contribution < 1.29 is 4.74 Å². The van der Waals surface area contributed by atoms with Gasteiger partial charge in [0.15, 0.2) is 0 Å². The van der Waals surface area contributed by atoms with Gasteiger partial charge in [0.2, 0.25) is 0 Å². The summed E-state index contributed by atoms with van der Waals surface area (Å²) < 4.78 is 5.47. The Morgan fingerprint density at radius 2 is 1.94 bits per heavy atom. The number of ether oxygens (including phenoxy) is 1. The van der Waals surface area contributed by atoms with Gasteiger partial charge in [0.1, 0.15) is 5.75 Å². The second kappa shape index (κ2) is 6.57. The fourth-order valence-corrected chi connectivity index (χ4v) is 2.79. The number of hydrogen-bond acceptors (Lipinski definition) is 3. The Bertz CT molecular complexity index is 450. The topological polar surface area (TPSA) is 21.3 Å². The van der Waals surface area contributed by atoms with E-state index in [9.17, 15) is 0 Å². The van der Waals surface area contributed by atoms with Gasteiger partial charge in [-0.2, -0.15) is 0 Å². The molecule has 0 radical (unpaired) electrons.